The van der Waals surface area contributed by atoms with Crippen LogP contribution in [0, 0.1) is 0 Å². The summed E-state index contributed by atoms with van der Waals surface area (Å²) >= 11 is 0. The molecule has 4 nitrogen and oxygen atoms in total. The van der Waals surface area contributed by atoms with Crippen molar-refractivity contribution in [1.29, 1.82) is 0 Å². The van der Waals surface area contributed by atoms with Crippen LogP contribution in [0.25, 0.3) is 0 Å². The first-order chi connectivity index (χ1) is 9.78. The summed E-state index contributed by atoms with van der Waals surface area (Å²) in [6.07, 6.45) is 11.1. The fourth-order valence-corrected chi connectivity index (χ4v) is 4.30. The Morgan fingerprint density at radius 2 is 1.90 bits per heavy atom. The number of nitrogens with two attached hydrogens (primary N) is 1. The van der Waals surface area contributed by atoms with Gasteiger partial charge in [0.2, 0.25) is 0 Å². The Bertz CT molecular complexity index is 427. The number of aromatic nitrogens is 2. The molecule has 2 fully saturated rings. The van der Waals surface area contributed by atoms with E-state index in [9.17, 15) is 0 Å². The smallest absolute Gasteiger partial charge is 0.0653 e. The van der Waals surface area contributed by atoms with E-state index in [1.54, 1.807) is 0 Å². The minimum Gasteiger partial charge on any atom is -0.321 e. The predicted molar refractivity (Wildman–Crippen MR) is 81.5 cm³/mol. The summed E-state index contributed by atoms with van der Waals surface area (Å²) in [5.41, 5.74) is 8.19. The molecule has 1 saturated heterocycles. The molecule has 1 unspecified atom stereocenters. The van der Waals surface area contributed by atoms with Gasteiger partial charge in [0.05, 0.1) is 11.7 Å². The standard InChI is InChI=1S/C16H28N4/c1-2-20-14(8-11-18-20)15(17)16(9-4-5-10-16)19-12-6-3-7-13-19/h8,11,15H,2-7,9-10,12-13,17H2,1H3. The first kappa shape index (κ1) is 14.1. The number of piperidine rings is 1. The first-order valence-electron chi connectivity index (χ1n) is 8.30. The molecule has 0 bridgehead atoms. The summed E-state index contributed by atoms with van der Waals surface area (Å²) in [5, 5.41) is 4.42. The fraction of sp³-hybridized carbons (Fsp3) is 0.812. The molecule has 0 aromatic carbocycles. The second-order valence-corrected chi connectivity index (χ2v) is 6.41. The molecule has 3 rings (SSSR count). The van der Waals surface area contributed by atoms with Crippen molar-refractivity contribution in [2.75, 3.05) is 13.1 Å². The van der Waals surface area contributed by atoms with Gasteiger partial charge in [-0.2, -0.15) is 5.10 Å². The maximum Gasteiger partial charge on any atom is 0.0653 e. The molecule has 2 N–H and O–H groups in total. The molecule has 2 aliphatic rings. The Kier molecular flexibility index (Phi) is 4.13. The average Bonchev–Trinajstić information content (AvgIpc) is 3.17. The molecule has 1 aliphatic carbocycles. The molecular formula is C16H28N4. The molecule has 1 aromatic rings. The highest BCUT2D eigenvalue weighted by Gasteiger charge is 2.46. The van der Waals surface area contributed by atoms with Crippen molar-refractivity contribution in [1.82, 2.24) is 14.7 Å². The van der Waals surface area contributed by atoms with E-state index in [0.29, 0.717) is 0 Å². The molecule has 1 aromatic heterocycles. The van der Waals surface area contributed by atoms with E-state index in [4.69, 9.17) is 5.73 Å². The number of hydrogen-bond acceptors (Lipinski definition) is 3. The maximum absolute atomic E-state index is 6.78. The van der Waals surface area contributed by atoms with Gasteiger partial charge in [-0.15, -0.1) is 0 Å². The van der Waals surface area contributed by atoms with E-state index in [2.05, 4.69) is 27.7 Å². The van der Waals surface area contributed by atoms with Gasteiger partial charge in [0.25, 0.3) is 0 Å². The zero-order chi connectivity index (χ0) is 14.0. The summed E-state index contributed by atoms with van der Waals surface area (Å²) in [5.74, 6) is 0. The van der Waals surface area contributed by atoms with Crippen molar-refractivity contribution in [2.24, 2.45) is 5.73 Å². The Hall–Kier alpha value is -0.870. The third-order valence-electron chi connectivity index (χ3n) is 5.40. The van der Waals surface area contributed by atoms with Crippen LogP contribution in [0.4, 0.5) is 0 Å². The van der Waals surface area contributed by atoms with Crippen LogP contribution in [0.1, 0.15) is 63.6 Å². The maximum atomic E-state index is 6.78. The van der Waals surface area contributed by atoms with E-state index in [1.807, 2.05) is 6.20 Å². The van der Waals surface area contributed by atoms with Crippen LogP contribution < -0.4 is 5.73 Å². The van der Waals surface area contributed by atoms with Gasteiger partial charge in [0.15, 0.2) is 0 Å². The lowest BCUT2D eigenvalue weighted by atomic mass is 9.83. The van der Waals surface area contributed by atoms with Gasteiger partial charge < -0.3 is 5.73 Å². The highest BCUT2D eigenvalue weighted by Crippen LogP contribution is 2.44. The van der Waals surface area contributed by atoms with Gasteiger partial charge >= 0.3 is 0 Å². The van der Waals surface area contributed by atoms with Crippen LogP contribution in [0.2, 0.25) is 0 Å². The minimum absolute atomic E-state index is 0.102. The molecule has 0 radical (unpaired) electrons. The van der Waals surface area contributed by atoms with Gasteiger partial charge in [-0.3, -0.25) is 9.58 Å². The predicted octanol–water partition coefficient (Wildman–Crippen LogP) is 2.70. The number of rotatable bonds is 4. The van der Waals surface area contributed by atoms with Crippen molar-refractivity contribution < 1.29 is 0 Å². The van der Waals surface area contributed by atoms with Crippen LogP contribution in [0.5, 0.6) is 0 Å². The topological polar surface area (TPSA) is 47.1 Å². The van der Waals surface area contributed by atoms with Crippen LogP contribution in [-0.4, -0.2) is 33.3 Å². The zero-order valence-electron chi connectivity index (χ0n) is 12.7. The molecule has 1 atom stereocenters. The van der Waals surface area contributed by atoms with Crippen LogP contribution >= 0.6 is 0 Å². The second-order valence-electron chi connectivity index (χ2n) is 6.41. The molecule has 2 heterocycles. The summed E-state index contributed by atoms with van der Waals surface area (Å²) in [7, 11) is 0. The lowest BCUT2D eigenvalue weighted by molar-refractivity contribution is 0.0454. The summed E-state index contributed by atoms with van der Waals surface area (Å²) in [4.78, 5) is 2.71. The van der Waals surface area contributed by atoms with E-state index in [-0.39, 0.29) is 11.6 Å². The summed E-state index contributed by atoms with van der Waals surface area (Å²) < 4.78 is 2.08. The third kappa shape index (κ3) is 2.29. The second kappa shape index (κ2) is 5.86. The minimum atomic E-state index is 0.102. The van der Waals surface area contributed by atoms with Gasteiger partial charge in [-0.25, -0.2) is 0 Å². The van der Waals surface area contributed by atoms with E-state index in [1.165, 1.54) is 63.7 Å². The van der Waals surface area contributed by atoms with Crippen molar-refractivity contribution in [2.45, 2.75) is 70.0 Å². The van der Waals surface area contributed by atoms with Crippen LogP contribution in [0.3, 0.4) is 0 Å². The zero-order valence-corrected chi connectivity index (χ0v) is 12.7. The van der Waals surface area contributed by atoms with E-state index >= 15 is 0 Å². The molecule has 0 amide bonds. The van der Waals surface area contributed by atoms with E-state index < -0.39 is 0 Å². The van der Waals surface area contributed by atoms with E-state index in [0.717, 1.165) is 6.54 Å². The molecule has 112 valence electrons. The normalized spacial score (nSPS) is 24.9. The molecule has 1 aliphatic heterocycles. The first-order valence-corrected chi connectivity index (χ1v) is 8.30. The molecule has 4 heteroatoms. The summed E-state index contributed by atoms with van der Waals surface area (Å²) in [6, 6.07) is 2.23. The van der Waals surface area contributed by atoms with Crippen molar-refractivity contribution in [3.05, 3.63) is 18.0 Å². The van der Waals surface area contributed by atoms with Gasteiger partial charge in [-0.1, -0.05) is 19.3 Å². The summed E-state index contributed by atoms with van der Waals surface area (Å²) in [6.45, 7) is 5.51. The quantitative estimate of drug-likeness (QED) is 0.919. The lowest BCUT2D eigenvalue weighted by Gasteiger charge is -2.47. The highest BCUT2D eigenvalue weighted by atomic mass is 15.3. The third-order valence-corrected chi connectivity index (χ3v) is 5.40. The SMILES string of the molecule is CCn1nccc1C(N)C1(N2CCCCC2)CCCC1. The van der Waals surface area contributed by atoms with Gasteiger partial charge in [0.1, 0.15) is 0 Å². The Morgan fingerprint density at radius 3 is 2.55 bits per heavy atom. The molecular weight excluding hydrogens is 248 g/mol. The molecule has 1 saturated carbocycles. The number of hydrogen-bond donors (Lipinski definition) is 1. The molecule has 20 heavy (non-hydrogen) atoms. The Labute approximate surface area is 122 Å². The van der Waals surface area contributed by atoms with Crippen LogP contribution in [-0.2, 0) is 6.54 Å². The van der Waals surface area contributed by atoms with Gasteiger partial charge in [-0.05, 0) is 51.8 Å². The Balaban J connectivity index is 1.89. The van der Waals surface area contributed by atoms with Crippen molar-refractivity contribution in [3.63, 3.8) is 0 Å². The number of likely N-dealkylation sites (tertiary alicyclic amines) is 1. The number of aryl methyl sites for hydroxylation is 1. The monoisotopic (exact) mass is 276 g/mol. The van der Waals surface area contributed by atoms with Crippen LogP contribution in [0.15, 0.2) is 12.3 Å². The fourth-order valence-electron chi connectivity index (χ4n) is 4.30. The van der Waals surface area contributed by atoms with Crippen molar-refractivity contribution >= 4 is 0 Å². The Morgan fingerprint density at radius 1 is 1.20 bits per heavy atom. The van der Waals surface area contributed by atoms with Crippen molar-refractivity contribution in [3.8, 4) is 0 Å². The largest absolute Gasteiger partial charge is 0.321 e. The van der Waals surface area contributed by atoms with Gasteiger partial charge in [0, 0.05) is 18.3 Å². The lowest BCUT2D eigenvalue weighted by Crippen LogP contribution is -2.55. The highest BCUT2D eigenvalue weighted by molar-refractivity contribution is 5.16. The molecule has 0 spiro atoms. The average molecular weight is 276 g/mol. The number of nitrogens with zero attached hydrogens (tertiary/aromatic N) is 3.